The summed E-state index contributed by atoms with van der Waals surface area (Å²) in [7, 11) is 1.79. The van der Waals surface area contributed by atoms with E-state index < -0.39 is 0 Å². The lowest BCUT2D eigenvalue weighted by Gasteiger charge is -2.32. The summed E-state index contributed by atoms with van der Waals surface area (Å²) < 4.78 is 5.22. The molecule has 0 spiro atoms. The SMILES string of the molecule is CCC(CNC1CC1)N(CCOC)CC(C)C. The summed E-state index contributed by atoms with van der Waals surface area (Å²) in [4.78, 5) is 2.59. The van der Waals surface area contributed by atoms with E-state index in [0.29, 0.717) is 6.04 Å². The highest BCUT2D eigenvalue weighted by molar-refractivity contribution is 4.84. The second-order valence-electron chi connectivity index (χ2n) is 5.63. The average Bonchev–Trinajstić information content (AvgIpc) is 3.09. The maximum absolute atomic E-state index is 5.22. The van der Waals surface area contributed by atoms with Crippen molar-refractivity contribution >= 4 is 0 Å². The van der Waals surface area contributed by atoms with Gasteiger partial charge < -0.3 is 10.1 Å². The van der Waals surface area contributed by atoms with Crippen molar-refractivity contribution in [3.63, 3.8) is 0 Å². The fraction of sp³-hybridized carbons (Fsp3) is 1.00. The maximum Gasteiger partial charge on any atom is 0.0589 e. The summed E-state index contributed by atoms with van der Waals surface area (Å²) >= 11 is 0. The summed E-state index contributed by atoms with van der Waals surface area (Å²) in [6, 6.07) is 1.47. The molecule has 1 unspecified atom stereocenters. The Balaban J connectivity index is 2.36. The average molecular weight is 242 g/mol. The van der Waals surface area contributed by atoms with Crippen molar-refractivity contribution in [2.75, 3.05) is 33.4 Å². The number of rotatable bonds is 10. The van der Waals surface area contributed by atoms with Crippen molar-refractivity contribution in [3.8, 4) is 0 Å². The van der Waals surface area contributed by atoms with Gasteiger partial charge in [-0.1, -0.05) is 20.8 Å². The van der Waals surface area contributed by atoms with Gasteiger partial charge in [-0.2, -0.15) is 0 Å². The molecule has 3 heteroatoms. The largest absolute Gasteiger partial charge is 0.383 e. The van der Waals surface area contributed by atoms with Gasteiger partial charge >= 0.3 is 0 Å². The summed E-state index contributed by atoms with van der Waals surface area (Å²) in [6.45, 7) is 11.1. The lowest BCUT2D eigenvalue weighted by molar-refractivity contribution is 0.106. The highest BCUT2D eigenvalue weighted by atomic mass is 16.5. The zero-order valence-electron chi connectivity index (χ0n) is 12.0. The van der Waals surface area contributed by atoms with Crippen LogP contribution in [0.4, 0.5) is 0 Å². The van der Waals surface area contributed by atoms with Gasteiger partial charge in [0, 0.05) is 38.8 Å². The highest BCUT2D eigenvalue weighted by Crippen LogP contribution is 2.19. The van der Waals surface area contributed by atoms with Crippen molar-refractivity contribution < 1.29 is 4.74 Å². The van der Waals surface area contributed by atoms with Crippen LogP contribution in [0.25, 0.3) is 0 Å². The van der Waals surface area contributed by atoms with Crippen molar-refractivity contribution in [2.24, 2.45) is 5.92 Å². The molecule has 17 heavy (non-hydrogen) atoms. The van der Waals surface area contributed by atoms with Crippen molar-refractivity contribution in [1.82, 2.24) is 10.2 Å². The third kappa shape index (κ3) is 6.39. The van der Waals surface area contributed by atoms with E-state index in [1.807, 2.05) is 0 Å². The van der Waals surface area contributed by atoms with Gasteiger partial charge in [0.05, 0.1) is 6.61 Å². The molecule has 1 N–H and O–H groups in total. The van der Waals surface area contributed by atoms with Crippen LogP contribution in [0.5, 0.6) is 0 Å². The predicted molar refractivity (Wildman–Crippen MR) is 73.4 cm³/mol. The molecule has 1 saturated carbocycles. The minimum Gasteiger partial charge on any atom is -0.383 e. The molecule has 0 bridgehead atoms. The standard InChI is InChI=1S/C14H30N2O/c1-5-14(10-15-13-6-7-13)16(8-9-17-4)11-12(2)3/h12-15H,5-11H2,1-4H3. The number of ether oxygens (including phenoxy) is 1. The minimum absolute atomic E-state index is 0.660. The van der Waals surface area contributed by atoms with E-state index in [2.05, 4.69) is 31.0 Å². The molecule has 1 rings (SSSR count). The van der Waals surface area contributed by atoms with Crippen LogP contribution in [0.15, 0.2) is 0 Å². The molecule has 0 saturated heterocycles. The number of methoxy groups -OCH3 is 1. The molecule has 0 aromatic heterocycles. The van der Waals surface area contributed by atoms with Gasteiger partial charge in [-0.25, -0.2) is 0 Å². The third-order valence-corrected chi connectivity index (χ3v) is 3.39. The summed E-state index contributed by atoms with van der Waals surface area (Å²) in [6.07, 6.45) is 3.97. The van der Waals surface area contributed by atoms with E-state index in [1.54, 1.807) is 7.11 Å². The number of nitrogens with zero attached hydrogens (tertiary/aromatic N) is 1. The lowest BCUT2D eigenvalue weighted by Crippen LogP contribution is -2.45. The molecule has 1 aliphatic rings. The molecule has 1 fully saturated rings. The Morgan fingerprint density at radius 1 is 1.35 bits per heavy atom. The van der Waals surface area contributed by atoms with Gasteiger partial charge in [0.1, 0.15) is 0 Å². The molecule has 0 radical (unpaired) electrons. The Bertz CT molecular complexity index is 193. The maximum atomic E-state index is 5.22. The van der Waals surface area contributed by atoms with Gasteiger partial charge in [-0.05, 0) is 25.2 Å². The van der Waals surface area contributed by atoms with Crippen LogP contribution >= 0.6 is 0 Å². The Labute approximate surface area is 107 Å². The number of nitrogens with one attached hydrogen (secondary N) is 1. The van der Waals surface area contributed by atoms with E-state index in [4.69, 9.17) is 4.74 Å². The van der Waals surface area contributed by atoms with Gasteiger partial charge in [0.2, 0.25) is 0 Å². The summed E-state index contributed by atoms with van der Waals surface area (Å²) in [5.41, 5.74) is 0. The van der Waals surface area contributed by atoms with E-state index in [1.165, 1.54) is 25.8 Å². The summed E-state index contributed by atoms with van der Waals surface area (Å²) in [5, 5.41) is 3.66. The van der Waals surface area contributed by atoms with Crippen LogP contribution in [0.3, 0.4) is 0 Å². The van der Waals surface area contributed by atoms with Crippen molar-refractivity contribution in [3.05, 3.63) is 0 Å². The van der Waals surface area contributed by atoms with Gasteiger partial charge in [-0.3, -0.25) is 4.90 Å². The van der Waals surface area contributed by atoms with E-state index >= 15 is 0 Å². The number of hydrogen-bond donors (Lipinski definition) is 1. The first kappa shape index (κ1) is 14.9. The molecule has 102 valence electrons. The van der Waals surface area contributed by atoms with Gasteiger partial charge in [0.25, 0.3) is 0 Å². The monoisotopic (exact) mass is 242 g/mol. The van der Waals surface area contributed by atoms with Crippen LogP contribution in [-0.4, -0.2) is 50.3 Å². The van der Waals surface area contributed by atoms with Crippen LogP contribution in [-0.2, 0) is 4.74 Å². The number of hydrogen-bond acceptors (Lipinski definition) is 3. The Morgan fingerprint density at radius 3 is 2.53 bits per heavy atom. The molecular formula is C14H30N2O. The van der Waals surface area contributed by atoms with Crippen LogP contribution in [0.2, 0.25) is 0 Å². The molecule has 0 heterocycles. The second-order valence-corrected chi connectivity index (χ2v) is 5.63. The van der Waals surface area contributed by atoms with Crippen molar-refractivity contribution in [1.29, 1.82) is 0 Å². The van der Waals surface area contributed by atoms with Gasteiger partial charge in [-0.15, -0.1) is 0 Å². The van der Waals surface area contributed by atoms with Crippen LogP contribution in [0, 0.1) is 5.92 Å². The first-order valence-corrected chi connectivity index (χ1v) is 7.13. The Morgan fingerprint density at radius 2 is 2.06 bits per heavy atom. The quantitative estimate of drug-likeness (QED) is 0.635. The fourth-order valence-corrected chi connectivity index (χ4v) is 2.22. The van der Waals surface area contributed by atoms with Crippen molar-refractivity contribution in [2.45, 2.75) is 52.1 Å². The Hall–Kier alpha value is -0.120. The topological polar surface area (TPSA) is 24.5 Å². The molecule has 1 atom stereocenters. The summed E-state index contributed by atoms with van der Waals surface area (Å²) in [5.74, 6) is 0.724. The first-order chi connectivity index (χ1) is 8.17. The first-order valence-electron chi connectivity index (χ1n) is 7.13. The molecule has 1 aliphatic carbocycles. The second kappa shape index (κ2) is 8.06. The molecule has 3 nitrogen and oxygen atoms in total. The fourth-order valence-electron chi connectivity index (χ4n) is 2.22. The predicted octanol–water partition coefficient (Wildman–Crippen LogP) is 2.12. The normalized spacial score (nSPS) is 18.0. The molecular weight excluding hydrogens is 212 g/mol. The molecule has 0 amide bonds. The smallest absolute Gasteiger partial charge is 0.0589 e. The molecule has 0 aromatic carbocycles. The molecule has 0 aliphatic heterocycles. The third-order valence-electron chi connectivity index (χ3n) is 3.39. The van der Waals surface area contributed by atoms with Crippen LogP contribution in [0.1, 0.15) is 40.0 Å². The van der Waals surface area contributed by atoms with Crippen LogP contribution < -0.4 is 5.32 Å². The van der Waals surface area contributed by atoms with E-state index in [-0.39, 0.29) is 0 Å². The lowest BCUT2D eigenvalue weighted by atomic mass is 10.1. The van der Waals surface area contributed by atoms with E-state index in [0.717, 1.165) is 31.7 Å². The zero-order chi connectivity index (χ0) is 12.7. The molecule has 0 aromatic rings. The Kier molecular flexibility index (Phi) is 7.09. The zero-order valence-corrected chi connectivity index (χ0v) is 12.0. The van der Waals surface area contributed by atoms with Gasteiger partial charge in [0.15, 0.2) is 0 Å². The highest BCUT2D eigenvalue weighted by Gasteiger charge is 2.23. The minimum atomic E-state index is 0.660. The van der Waals surface area contributed by atoms with E-state index in [9.17, 15) is 0 Å².